The van der Waals surface area contributed by atoms with E-state index in [0.717, 1.165) is 27.3 Å². The van der Waals surface area contributed by atoms with Gasteiger partial charge < -0.3 is 10.2 Å². The van der Waals surface area contributed by atoms with E-state index in [1.165, 1.54) is 4.90 Å². The van der Waals surface area contributed by atoms with Gasteiger partial charge >= 0.3 is 0 Å². The molecular weight excluding hydrogens is 462 g/mol. The van der Waals surface area contributed by atoms with Gasteiger partial charge in [0.2, 0.25) is 21.8 Å². The first-order valence-electron chi connectivity index (χ1n) is 11.8. The van der Waals surface area contributed by atoms with Crippen molar-refractivity contribution in [2.24, 2.45) is 0 Å². The average molecular weight is 502 g/mol. The summed E-state index contributed by atoms with van der Waals surface area (Å²) in [6.07, 6.45) is 1.08. The molecule has 192 valence electrons. The Labute approximate surface area is 210 Å². The van der Waals surface area contributed by atoms with E-state index in [1.54, 1.807) is 19.1 Å². The van der Waals surface area contributed by atoms with E-state index in [0.29, 0.717) is 5.69 Å². The van der Waals surface area contributed by atoms with Crippen molar-refractivity contribution in [2.45, 2.75) is 72.5 Å². The quantitative estimate of drug-likeness (QED) is 0.563. The normalized spacial score (nSPS) is 12.8. The second-order valence-electron chi connectivity index (χ2n) is 10.4. The molecule has 0 saturated heterocycles. The van der Waals surface area contributed by atoms with Crippen molar-refractivity contribution in [2.75, 3.05) is 17.1 Å². The van der Waals surface area contributed by atoms with Crippen molar-refractivity contribution < 1.29 is 18.0 Å². The Morgan fingerprint density at radius 3 is 1.94 bits per heavy atom. The number of sulfonamides is 1. The monoisotopic (exact) mass is 501 g/mol. The molecule has 0 heterocycles. The highest BCUT2D eigenvalue weighted by Gasteiger charge is 2.30. The molecule has 35 heavy (non-hydrogen) atoms. The van der Waals surface area contributed by atoms with Crippen LogP contribution in [0.2, 0.25) is 0 Å². The first kappa shape index (κ1) is 28.4. The van der Waals surface area contributed by atoms with Crippen LogP contribution in [0.5, 0.6) is 0 Å². The average Bonchev–Trinajstić information content (AvgIpc) is 2.74. The van der Waals surface area contributed by atoms with Gasteiger partial charge in [0.25, 0.3) is 0 Å². The lowest BCUT2D eigenvalue weighted by molar-refractivity contribution is -0.139. The van der Waals surface area contributed by atoms with E-state index in [9.17, 15) is 18.0 Å². The van der Waals surface area contributed by atoms with E-state index in [2.05, 4.69) is 26.1 Å². The van der Waals surface area contributed by atoms with E-state index in [4.69, 9.17) is 0 Å². The highest BCUT2D eigenvalue weighted by atomic mass is 32.2. The molecular formula is C27H39N3O4S. The number of nitrogens with zero attached hydrogens (tertiary/aromatic N) is 2. The molecule has 0 aliphatic heterocycles. The van der Waals surface area contributed by atoms with Crippen LogP contribution in [0.3, 0.4) is 0 Å². The summed E-state index contributed by atoms with van der Waals surface area (Å²) in [6, 6.07) is 14.0. The predicted molar refractivity (Wildman–Crippen MR) is 142 cm³/mol. The van der Waals surface area contributed by atoms with Gasteiger partial charge in [-0.15, -0.1) is 0 Å². The summed E-state index contributed by atoms with van der Waals surface area (Å²) in [7, 11) is -3.75. The Bertz CT molecular complexity index is 1120. The molecule has 0 aliphatic rings. The number of amides is 2. The van der Waals surface area contributed by atoms with Crippen LogP contribution >= 0.6 is 0 Å². The van der Waals surface area contributed by atoms with Crippen LogP contribution in [0.25, 0.3) is 0 Å². The third kappa shape index (κ3) is 8.09. The maximum absolute atomic E-state index is 13.5. The molecule has 0 radical (unpaired) electrons. The standard InChI is InChI=1S/C27H39N3O4S/c1-19(2)28-26(32)21(4)29(17-22-11-9-20(3)10-12-22)25(31)18-30(35(8,33)34)24-15-13-23(14-16-24)27(5,6)7/h9-16,19,21H,17-18H2,1-8H3,(H,28,32)/t21-/m0/s1. The minimum atomic E-state index is -3.75. The first-order chi connectivity index (χ1) is 16.1. The summed E-state index contributed by atoms with van der Waals surface area (Å²) >= 11 is 0. The number of aryl methyl sites for hydroxylation is 1. The molecule has 0 unspecified atom stereocenters. The van der Waals surface area contributed by atoms with Gasteiger partial charge in [-0.05, 0) is 56.4 Å². The number of carbonyl (C=O) groups excluding carboxylic acids is 2. The Morgan fingerprint density at radius 1 is 0.943 bits per heavy atom. The first-order valence-corrected chi connectivity index (χ1v) is 13.7. The third-order valence-electron chi connectivity index (χ3n) is 5.77. The largest absolute Gasteiger partial charge is 0.352 e. The summed E-state index contributed by atoms with van der Waals surface area (Å²) in [5.74, 6) is -0.747. The Hall–Kier alpha value is -2.87. The minimum Gasteiger partial charge on any atom is -0.352 e. The molecule has 0 aliphatic carbocycles. The highest BCUT2D eigenvalue weighted by molar-refractivity contribution is 7.92. The summed E-state index contributed by atoms with van der Waals surface area (Å²) in [4.78, 5) is 27.8. The van der Waals surface area contributed by atoms with Gasteiger partial charge in [-0.3, -0.25) is 13.9 Å². The lowest BCUT2D eigenvalue weighted by Crippen LogP contribution is -2.52. The van der Waals surface area contributed by atoms with Crippen molar-refractivity contribution in [3.05, 3.63) is 65.2 Å². The molecule has 2 aromatic carbocycles. The fourth-order valence-electron chi connectivity index (χ4n) is 3.62. The fourth-order valence-corrected chi connectivity index (χ4v) is 4.47. The Kier molecular flexibility index (Phi) is 9.11. The molecule has 0 aromatic heterocycles. The maximum atomic E-state index is 13.5. The summed E-state index contributed by atoms with van der Waals surface area (Å²) in [6.45, 7) is 13.3. The Morgan fingerprint density at radius 2 is 1.49 bits per heavy atom. The number of anilines is 1. The number of rotatable bonds is 9. The molecule has 0 bridgehead atoms. The molecule has 8 heteroatoms. The van der Waals surface area contributed by atoms with Crippen LogP contribution in [0.15, 0.2) is 48.5 Å². The molecule has 1 atom stereocenters. The zero-order chi connectivity index (χ0) is 26.6. The van der Waals surface area contributed by atoms with Gasteiger partial charge in [0.1, 0.15) is 12.6 Å². The van der Waals surface area contributed by atoms with Gasteiger partial charge in [-0.2, -0.15) is 0 Å². The van der Waals surface area contributed by atoms with E-state index >= 15 is 0 Å². The smallest absolute Gasteiger partial charge is 0.244 e. The maximum Gasteiger partial charge on any atom is 0.244 e. The topological polar surface area (TPSA) is 86.8 Å². The van der Waals surface area contributed by atoms with Crippen LogP contribution in [0.4, 0.5) is 5.69 Å². The van der Waals surface area contributed by atoms with Gasteiger partial charge in [-0.25, -0.2) is 8.42 Å². The number of benzene rings is 2. The fraction of sp³-hybridized carbons (Fsp3) is 0.481. The van der Waals surface area contributed by atoms with Crippen molar-refractivity contribution in [1.82, 2.24) is 10.2 Å². The number of nitrogens with one attached hydrogen (secondary N) is 1. The molecule has 0 fully saturated rings. The van der Waals surface area contributed by atoms with E-state index in [1.807, 2.05) is 57.2 Å². The second-order valence-corrected chi connectivity index (χ2v) is 12.3. The van der Waals surface area contributed by atoms with Gasteiger partial charge in [0.15, 0.2) is 0 Å². The molecule has 2 amide bonds. The van der Waals surface area contributed by atoms with E-state index < -0.39 is 28.5 Å². The molecule has 2 rings (SSSR count). The minimum absolute atomic E-state index is 0.0878. The van der Waals surface area contributed by atoms with Gasteiger partial charge in [0, 0.05) is 12.6 Å². The second kappa shape index (κ2) is 11.2. The molecule has 7 nitrogen and oxygen atoms in total. The predicted octanol–water partition coefficient (Wildman–Crippen LogP) is 4.00. The van der Waals surface area contributed by atoms with Crippen LogP contribution in [-0.4, -0.2) is 50.0 Å². The van der Waals surface area contributed by atoms with Crippen molar-refractivity contribution in [3.8, 4) is 0 Å². The summed E-state index contributed by atoms with van der Waals surface area (Å²) in [5, 5.41) is 2.84. The molecule has 1 N–H and O–H groups in total. The lowest BCUT2D eigenvalue weighted by atomic mass is 9.87. The van der Waals surface area contributed by atoms with Crippen molar-refractivity contribution in [3.63, 3.8) is 0 Å². The lowest BCUT2D eigenvalue weighted by Gasteiger charge is -2.32. The summed E-state index contributed by atoms with van der Waals surface area (Å²) in [5.41, 5.74) is 3.31. The van der Waals surface area contributed by atoms with Crippen molar-refractivity contribution in [1.29, 1.82) is 0 Å². The SMILES string of the molecule is Cc1ccc(CN(C(=O)CN(c2ccc(C(C)(C)C)cc2)S(C)(=O)=O)[C@@H](C)C(=O)NC(C)C)cc1. The third-order valence-corrected chi connectivity index (χ3v) is 6.91. The number of hydrogen-bond donors (Lipinski definition) is 1. The van der Waals surface area contributed by atoms with Gasteiger partial charge in [0.05, 0.1) is 11.9 Å². The van der Waals surface area contributed by atoms with E-state index in [-0.39, 0.29) is 23.9 Å². The molecule has 2 aromatic rings. The van der Waals surface area contributed by atoms with Crippen molar-refractivity contribution >= 4 is 27.5 Å². The summed E-state index contributed by atoms with van der Waals surface area (Å²) < 4.78 is 26.5. The van der Waals surface area contributed by atoms with Gasteiger partial charge in [-0.1, -0.05) is 62.7 Å². The zero-order valence-corrected chi connectivity index (χ0v) is 22.9. The molecule has 0 saturated carbocycles. The number of carbonyl (C=O) groups is 2. The van der Waals surface area contributed by atoms with Crippen LogP contribution in [0.1, 0.15) is 58.2 Å². The highest BCUT2D eigenvalue weighted by Crippen LogP contribution is 2.26. The molecule has 0 spiro atoms. The van der Waals surface area contributed by atoms with Crippen LogP contribution in [-0.2, 0) is 31.6 Å². The van der Waals surface area contributed by atoms with Crippen LogP contribution < -0.4 is 9.62 Å². The zero-order valence-electron chi connectivity index (χ0n) is 22.1. The number of hydrogen-bond acceptors (Lipinski definition) is 4. The van der Waals surface area contributed by atoms with Crippen LogP contribution in [0, 0.1) is 6.92 Å². The Balaban J connectivity index is 2.39.